The molecule has 3 aromatic rings. The number of rotatable bonds is 5. The lowest BCUT2D eigenvalue weighted by Crippen LogP contribution is -2.28. The van der Waals surface area contributed by atoms with Gasteiger partial charge in [0.2, 0.25) is 5.91 Å². The smallest absolute Gasteiger partial charge is 0.224 e. The van der Waals surface area contributed by atoms with Crippen molar-refractivity contribution in [3.63, 3.8) is 0 Å². The van der Waals surface area contributed by atoms with Gasteiger partial charge in [-0.15, -0.1) is 11.3 Å². The number of nitrogens with zero attached hydrogens (tertiary/aromatic N) is 1. The number of hydrogen-bond donors (Lipinski definition) is 1. The van der Waals surface area contributed by atoms with Crippen LogP contribution in [0.2, 0.25) is 0 Å². The number of nitrogens with one attached hydrogen (secondary N) is 1. The summed E-state index contributed by atoms with van der Waals surface area (Å²) >= 11 is 1.62. The molecule has 5 heteroatoms. The fraction of sp³-hybridized carbons (Fsp3) is 0.304. The Hall–Kier alpha value is -2.53. The van der Waals surface area contributed by atoms with Gasteiger partial charge in [-0.1, -0.05) is 42.0 Å². The Labute approximate surface area is 168 Å². The van der Waals surface area contributed by atoms with E-state index in [4.69, 9.17) is 4.98 Å². The highest BCUT2D eigenvalue weighted by atomic mass is 32.1. The van der Waals surface area contributed by atoms with Gasteiger partial charge in [0.1, 0.15) is 10.8 Å². The second kappa shape index (κ2) is 7.47. The normalized spacial score (nSPS) is 19.3. The minimum Gasteiger partial charge on any atom is -0.348 e. The van der Waals surface area contributed by atoms with E-state index in [-0.39, 0.29) is 29.6 Å². The van der Waals surface area contributed by atoms with E-state index in [1.54, 1.807) is 17.4 Å². The first-order valence-electron chi connectivity index (χ1n) is 9.52. The van der Waals surface area contributed by atoms with Crippen LogP contribution in [0.5, 0.6) is 0 Å². The zero-order chi connectivity index (χ0) is 19.8. The number of thiazole rings is 1. The van der Waals surface area contributed by atoms with Crippen LogP contribution in [0, 0.1) is 25.6 Å². The molecule has 1 fully saturated rings. The molecule has 0 aliphatic heterocycles. The van der Waals surface area contributed by atoms with Crippen LogP contribution in [-0.4, -0.2) is 10.9 Å². The summed E-state index contributed by atoms with van der Waals surface area (Å²) in [5.74, 6) is -0.171. The molecular formula is C23H23FN2OS. The molecule has 0 saturated heterocycles. The molecule has 3 nitrogen and oxygen atoms in total. The Bertz CT molecular complexity index is 1010. The van der Waals surface area contributed by atoms with Gasteiger partial charge in [0.15, 0.2) is 0 Å². The largest absolute Gasteiger partial charge is 0.348 e. The standard InChI is InChI=1S/C23H23FN2OS/c1-13-7-9-16(10-8-13)23-26-15(3)21(28-23)14(2)25-22(27)20-12-19(20)17-5-4-6-18(24)11-17/h4-11,14,19-20H,12H2,1-3H3,(H,25,27). The highest BCUT2D eigenvalue weighted by Gasteiger charge is 2.44. The Morgan fingerprint density at radius 1 is 1.21 bits per heavy atom. The van der Waals surface area contributed by atoms with E-state index in [9.17, 15) is 9.18 Å². The van der Waals surface area contributed by atoms with Gasteiger partial charge in [0.05, 0.1) is 16.6 Å². The quantitative estimate of drug-likeness (QED) is 0.617. The van der Waals surface area contributed by atoms with E-state index in [0.29, 0.717) is 0 Å². The van der Waals surface area contributed by atoms with Gasteiger partial charge in [-0.05, 0) is 50.8 Å². The van der Waals surface area contributed by atoms with Crippen molar-refractivity contribution in [3.05, 3.63) is 76.0 Å². The third-order valence-corrected chi connectivity index (χ3v) is 6.68. The molecule has 1 amide bonds. The maximum Gasteiger partial charge on any atom is 0.224 e. The monoisotopic (exact) mass is 394 g/mol. The van der Waals surface area contributed by atoms with Crippen LogP contribution in [0.3, 0.4) is 0 Å². The van der Waals surface area contributed by atoms with Gasteiger partial charge in [-0.2, -0.15) is 0 Å². The second-order valence-corrected chi connectivity index (χ2v) is 8.60. The van der Waals surface area contributed by atoms with Crippen molar-refractivity contribution in [2.24, 2.45) is 5.92 Å². The summed E-state index contributed by atoms with van der Waals surface area (Å²) in [5, 5.41) is 4.09. The van der Waals surface area contributed by atoms with Crippen molar-refractivity contribution in [2.45, 2.75) is 39.2 Å². The Morgan fingerprint density at radius 2 is 1.96 bits per heavy atom. The first-order valence-corrected chi connectivity index (χ1v) is 10.3. The molecule has 4 rings (SSSR count). The lowest BCUT2D eigenvalue weighted by atomic mass is 10.1. The number of amides is 1. The Kier molecular flexibility index (Phi) is 5.02. The van der Waals surface area contributed by atoms with Crippen LogP contribution in [0.4, 0.5) is 4.39 Å². The number of carbonyl (C=O) groups is 1. The Morgan fingerprint density at radius 3 is 2.68 bits per heavy atom. The van der Waals surface area contributed by atoms with Crippen LogP contribution in [0.15, 0.2) is 48.5 Å². The predicted molar refractivity (Wildman–Crippen MR) is 111 cm³/mol. The summed E-state index contributed by atoms with van der Waals surface area (Å²) in [4.78, 5) is 18.4. The molecule has 1 aliphatic carbocycles. The molecule has 3 atom stereocenters. The maximum absolute atomic E-state index is 13.4. The molecule has 144 valence electrons. The average molecular weight is 395 g/mol. The second-order valence-electron chi connectivity index (χ2n) is 7.57. The molecule has 1 aromatic heterocycles. The van der Waals surface area contributed by atoms with E-state index in [0.717, 1.165) is 33.1 Å². The number of aryl methyl sites for hydroxylation is 2. The van der Waals surface area contributed by atoms with Crippen LogP contribution in [-0.2, 0) is 4.79 Å². The van der Waals surface area contributed by atoms with Gasteiger partial charge >= 0.3 is 0 Å². The van der Waals surface area contributed by atoms with Crippen LogP contribution >= 0.6 is 11.3 Å². The molecule has 3 unspecified atom stereocenters. The zero-order valence-corrected chi connectivity index (χ0v) is 17.0. The molecule has 0 radical (unpaired) electrons. The van der Waals surface area contributed by atoms with E-state index >= 15 is 0 Å². The summed E-state index contributed by atoms with van der Waals surface area (Å²) in [5.41, 5.74) is 4.17. The predicted octanol–water partition coefficient (Wildman–Crippen LogP) is 5.55. The number of hydrogen-bond acceptors (Lipinski definition) is 3. The van der Waals surface area contributed by atoms with Crippen LogP contribution in [0.1, 0.15) is 47.0 Å². The molecule has 1 heterocycles. The van der Waals surface area contributed by atoms with Gasteiger partial charge in [0.25, 0.3) is 0 Å². The number of carbonyl (C=O) groups excluding carboxylic acids is 1. The molecular weight excluding hydrogens is 371 g/mol. The highest BCUT2D eigenvalue weighted by Crippen LogP contribution is 2.48. The molecule has 1 aliphatic rings. The van der Waals surface area contributed by atoms with Gasteiger partial charge in [-0.3, -0.25) is 4.79 Å². The van der Waals surface area contributed by atoms with Crippen molar-refractivity contribution in [1.82, 2.24) is 10.3 Å². The first kappa shape index (κ1) is 18.8. The molecule has 2 aromatic carbocycles. The number of aromatic nitrogens is 1. The summed E-state index contributed by atoms with van der Waals surface area (Å²) in [6.45, 7) is 6.05. The topological polar surface area (TPSA) is 42.0 Å². The average Bonchev–Trinajstić information content (AvgIpc) is 3.38. The molecule has 1 N–H and O–H groups in total. The summed E-state index contributed by atoms with van der Waals surface area (Å²) in [7, 11) is 0. The minimum absolute atomic E-state index is 0.0337. The van der Waals surface area contributed by atoms with Gasteiger partial charge < -0.3 is 5.32 Å². The molecule has 1 saturated carbocycles. The van der Waals surface area contributed by atoms with Crippen molar-refractivity contribution >= 4 is 17.2 Å². The molecule has 0 spiro atoms. The minimum atomic E-state index is -0.249. The zero-order valence-electron chi connectivity index (χ0n) is 16.2. The molecule has 28 heavy (non-hydrogen) atoms. The van der Waals surface area contributed by atoms with Gasteiger partial charge in [0, 0.05) is 11.5 Å². The fourth-order valence-electron chi connectivity index (χ4n) is 3.61. The lowest BCUT2D eigenvalue weighted by molar-refractivity contribution is -0.123. The van der Waals surface area contributed by atoms with E-state index < -0.39 is 0 Å². The van der Waals surface area contributed by atoms with Crippen molar-refractivity contribution in [2.75, 3.05) is 0 Å². The number of benzene rings is 2. The van der Waals surface area contributed by atoms with Gasteiger partial charge in [-0.25, -0.2) is 9.37 Å². The van der Waals surface area contributed by atoms with Crippen LogP contribution in [0.25, 0.3) is 10.6 Å². The maximum atomic E-state index is 13.4. The molecule has 0 bridgehead atoms. The third-order valence-electron chi connectivity index (χ3n) is 5.29. The SMILES string of the molecule is Cc1ccc(-c2nc(C)c(C(C)NC(=O)C3CC3c3cccc(F)c3)s2)cc1. The van der Waals surface area contributed by atoms with Crippen LogP contribution < -0.4 is 5.32 Å². The summed E-state index contributed by atoms with van der Waals surface area (Å²) in [6, 6.07) is 14.8. The van der Waals surface area contributed by atoms with E-state index in [2.05, 4.69) is 36.5 Å². The Balaban J connectivity index is 1.43. The van der Waals surface area contributed by atoms with Crippen molar-refractivity contribution in [3.8, 4) is 10.6 Å². The first-order chi connectivity index (χ1) is 13.4. The van der Waals surface area contributed by atoms with Crippen molar-refractivity contribution < 1.29 is 9.18 Å². The highest BCUT2D eigenvalue weighted by molar-refractivity contribution is 7.15. The number of halogens is 1. The lowest BCUT2D eigenvalue weighted by Gasteiger charge is -2.13. The van der Waals surface area contributed by atoms with E-state index in [1.165, 1.54) is 17.7 Å². The van der Waals surface area contributed by atoms with Crippen molar-refractivity contribution in [1.29, 1.82) is 0 Å². The summed E-state index contributed by atoms with van der Waals surface area (Å²) < 4.78 is 13.4. The summed E-state index contributed by atoms with van der Waals surface area (Å²) in [6.07, 6.45) is 0.776. The third kappa shape index (κ3) is 3.85. The van der Waals surface area contributed by atoms with E-state index in [1.807, 2.05) is 19.9 Å². The fourth-order valence-corrected chi connectivity index (χ4v) is 4.68.